The highest BCUT2D eigenvalue weighted by Crippen LogP contribution is 2.14. The van der Waals surface area contributed by atoms with Gasteiger partial charge in [-0.05, 0) is 12.8 Å². The van der Waals surface area contributed by atoms with Gasteiger partial charge in [0.05, 0.1) is 0 Å². The van der Waals surface area contributed by atoms with Crippen LogP contribution in [0.1, 0.15) is 123 Å². The van der Waals surface area contributed by atoms with Crippen LogP contribution in [0.3, 0.4) is 0 Å². The third-order valence-corrected chi connectivity index (χ3v) is 4.66. The van der Waals surface area contributed by atoms with Crippen molar-refractivity contribution in [1.82, 2.24) is 0 Å². The van der Waals surface area contributed by atoms with Crippen molar-refractivity contribution in [2.45, 2.75) is 129 Å². The first kappa shape index (κ1) is 23.4. The third-order valence-electron chi connectivity index (χ3n) is 4.66. The summed E-state index contributed by atoms with van der Waals surface area (Å²) >= 11 is 0. The maximum atomic E-state index is 10.7. The quantitative estimate of drug-likeness (QED) is 0.176. The van der Waals surface area contributed by atoms with E-state index in [9.17, 15) is 4.79 Å². The topological polar surface area (TPSA) is 52.3 Å². The van der Waals surface area contributed by atoms with Crippen LogP contribution in [-0.4, -0.2) is 12.2 Å². The SMILES string of the molecule is CCCCCCCCCCCCCCCCCCC(N)OC(C)=O. The van der Waals surface area contributed by atoms with Gasteiger partial charge in [-0.25, -0.2) is 0 Å². The standard InChI is InChI=1S/C21H43NO2/c1-3-4-5-6-7-8-9-10-11-12-13-14-15-16-17-18-19-21(22)24-20(2)23/h21H,3-19,22H2,1-2H3. The van der Waals surface area contributed by atoms with E-state index < -0.39 is 6.23 Å². The number of esters is 1. The average molecular weight is 342 g/mol. The summed E-state index contributed by atoms with van der Waals surface area (Å²) in [6.07, 6.45) is 22.3. The summed E-state index contributed by atoms with van der Waals surface area (Å²) in [5.74, 6) is -0.279. The smallest absolute Gasteiger partial charge is 0.304 e. The van der Waals surface area contributed by atoms with Crippen LogP contribution in [0.4, 0.5) is 0 Å². The average Bonchev–Trinajstić information content (AvgIpc) is 2.53. The number of ether oxygens (including phenoxy) is 1. The van der Waals surface area contributed by atoms with Crippen molar-refractivity contribution in [3.63, 3.8) is 0 Å². The molecule has 0 aromatic carbocycles. The van der Waals surface area contributed by atoms with Crippen LogP contribution in [0.15, 0.2) is 0 Å². The predicted octanol–water partition coefficient (Wildman–Crippen LogP) is 6.49. The molecule has 0 rings (SSSR count). The number of hydrogen-bond acceptors (Lipinski definition) is 3. The molecule has 2 N–H and O–H groups in total. The van der Waals surface area contributed by atoms with Gasteiger partial charge in [0.15, 0.2) is 6.23 Å². The molecule has 0 heterocycles. The second kappa shape index (κ2) is 18.8. The Bertz CT molecular complexity index is 269. The zero-order valence-corrected chi connectivity index (χ0v) is 16.5. The van der Waals surface area contributed by atoms with Crippen LogP contribution in [0.25, 0.3) is 0 Å². The summed E-state index contributed by atoms with van der Waals surface area (Å²) in [7, 11) is 0. The van der Waals surface area contributed by atoms with Gasteiger partial charge < -0.3 is 4.74 Å². The minimum Gasteiger partial charge on any atom is -0.447 e. The first-order chi connectivity index (χ1) is 11.7. The number of unbranched alkanes of at least 4 members (excludes halogenated alkanes) is 15. The number of rotatable bonds is 18. The maximum Gasteiger partial charge on any atom is 0.304 e. The molecule has 0 radical (unpaired) electrons. The first-order valence-electron chi connectivity index (χ1n) is 10.6. The van der Waals surface area contributed by atoms with Gasteiger partial charge >= 0.3 is 5.97 Å². The van der Waals surface area contributed by atoms with E-state index in [-0.39, 0.29) is 5.97 Å². The van der Waals surface area contributed by atoms with E-state index in [0.717, 1.165) is 12.8 Å². The zero-order chi connectivity index (χ0) is 17.9. The molecular weight excluding hydrogens is 298 g/mol. The second-order valence-electron chi connectivity index (χ2n) is 7.24. The predicted molar refractivity (Wildman–Crippen MR) is 104 cm³/mol. The van der Waals surface area contributed by atoms with Gasteiger partial charge in [0, 0.05) is 6.92 Å². The first-order valence-corrected chi connectivity index (χ1v) is 10.6. The Morgan fingerprint density at radius 2 is 1.04 bits per heavy atom. The Kier molecular flexibility index (Phi) is 18.3. The number of carbonyl (C=O) groups is 1. The van der Waals surface area contributed by atoms with E-state index in [1.807, 2.05) is 0 Å². The highest BCUT2D eigenvalue weighted by atomic mass is 16.5. The lowest BCUT2D eigenvalue weighted by Crippen LogP contribution is -2.25. The van der Waals surface area contributed by atoms with Gasteiger partial charge in [-0.1, -0.05) is 103 Å². The molecule has 0 amide bonds. The van der Waals surface area contributed by atoms with E-state index in [1.54, 1.807) is 0 Å². The van der Waals surface area contributed by atoms with E-state index in [2.05, 4.69) is 6.92 Å². The summed E-state index contributed by atoms with van der Waals surface area (Å²) in [6.45, 7) is 3.69. The van der Waals surface area contributed by atoms with Crippen LogP contribution in [0, 0.1) is 0 Å². The van der Waals surface area contributed by atoms with Gasteiger partial charge in [-0.2, -0.15) is 0 Å². The molecular formula is C21H43NO2. The van der Waals surface area contributed by atoms with Crippen molar-refractivity contribution < 1.29 is 9.53 Å². The zero-order valence-electron chi connectivity index (χ0n) is 16.5. The Hall–Kier alpha value is -0.570. The third kappa shape index (κ3) is 19.5. The van der Waals surface area contributed by atoms with Gasteiger partial charge in [-0.3, -0.25) is 10.5 Å². The number of hydrogen-bond donors (Lipinski definition) is 1. The van der Waals surface area contributed by atoms with E-state index in [1.165, 1.54) is 103 Å². The van der Waals surface area contributed by atoms with Crippen LogP contribution in [0.2, 0.25) is 0 Å². The summed E-state index contributed by atoms with van der Waals surface area (Å²) < 4.78 is 4.91. The Labute approximate surface area is 151 Å². The molecule has 0 aromatic rings. The molecule has 3 nitrogen and oxygen atoms in total. The fourth-order valence-corrected chi connectivity index (χ4v) is 3.17. The largest absolute Gasteiger partial charge is 0.447 e. The molecule has 0 aliphatic heterocycles. The van der Waals surface area contributed by atoms with E-state index in [4.69, 9.17) is 10.5 Å². The van der Waals surface area contributed by atoms with Crippen molar-refractivity contribution in [2.75, 3.05) is 0 Å². The lowest BCUT2D eigenvalue weighted by molar-refractivity contribution is -0.146. The Morgan fingerprint density at radius 1 is 0.708 bits per heavy atom. The van der Waals surface area contributed by atoms with Crippen LogP contribution >= 0.6 is 0 Å². The van der Waals surface area contributed by atoms with E-state index in [0.29, 0.717) is 0 Å². The van der Waals surface area contributed by atoms with Crippen molar-refractivity contribution in [2.24, 2.45) is 5.73 Å². The van der Waals surface area contributed by atoms with Crippen molar-refractivity contribution >= 4 is 5.97 Å². The fourth-order valence-electron chi connectivity index (χ4n) is 3.17. The fraction of sp³-hybridized carbons (Fsp3) is 0.952. The molecule has 24 heavy (non-hydrogen) atoms. The van der Waals surface area contributed by atoms with Crippen molar-refractivity contribution in [1.29, 1.82) is 0 Å². The molecule has 0 spiro atoms. The van der Waals surface area contributed by atoms with Crippen molar-refractivity contribution in [3.8, 4) is 0 Å². The van der Waals surface area contributed by atoms with Crippen molar-refractivity contribution in [3.05, 3.63) is 0 Å². The Morgan fingerprint density at radius 3 is 1.38 bits per heavy atom. The van der Waals surface area contributed by atoms with Crippen LogP contribution in [-0.2, 0) is 9.53 Å². The summed E-state index contributed by atoms with van der Waals surface area (Å²) in [5, 5.41) is 0. The minimum absolute atomic E-state index is 0.279. The number of nitrogens with two attached hydrogens (primary N) is 1. The molecule has 0 aromatic heterocycles. The molecule has 0 aliphatic rings. The van der Waals surface area contributed by atoms with Gasteiger partial charge in [0.25, 0.3) is 0 Å². The lowest BCUT2D eigenvalue weighted by Gasteiger charge is -2.10. The van der Waals surface area contributed by atoms with Gasteiger partial charge in [0.2, 0.25) is 0 Å². The summed E-state index contributed by atoms with van der Waals surface area (Å²) in [5.41, 5.74) is 5.69. The molecule has 0 saturated carbocycles. The second-order valence-corrected chi connectivity index (χ2v) is 7.24. The summed E-state index contributed by atoms with van der Waals surface area (Å²) in [6, 6.07) is 0. The normalized spacial score (nSPS) is 12.3. The molecule has 0 bridgehead atoms. The molecule has 144 valence electrons. The molecule has 0 aliphatic carbocycles. The molecule has 1 unspecified atom stereocenters. The molecule has 0 saturated heterocycles. The minimum atomic E-state index is -0.408. The van der Waals surface area contributed by atoms with Crippen LogP contribution < -0.4 is 5.73 Å². The number of carbonyl (C=O) groups excluding carboxylic acids is 1. The molecule has 3 heteroatoms. The monoisotopic (exact) mass is 341 g/mol. The van der Waals surface area contributed by atoms with Gasteiger partial charge in [0.1, 0.15) is 0 Å². The Balaban J connectivity index is 3.06. The lowest BCUT2D eigenvalue weighted by atomic mass is 10.0. The maximum absolute atomic E-state index is 10.7. The van der Waals surface area contributed by atoms with E-state index >= 15 is 0 Å². The molecule has 1 atom stereocenters. The van der Waals surface area contributed by atoms with Crippen LogP contribution in [0.5, 0.6) is 0 Å². The highest BCUT2D eigenvalue weighted by molar-refractivity contribution is 5.66. The molecule has 0 fully saturated rings. The van der Waals surface area contributed by atoms with Gasteiger partial charge in [-0.15, -0.1) is 0 Å². The highest BCUT2D eigenvalue weighted by Gasteiger charge is 2.04. The summed E-state index contributed by atoms with van der Waals surface area (Å²) in [4.78, 5) is 10.7.